The molecule has 4 aromatic rings. The van der Waals surface area contributed by atoms with Crippen LogP contribution in [0.25, 0.3) is 22.2 Å². The molecule has 7 nitrogen and oxygen atoms in total. The highest BCUT2D eigenvalue weighted by atomic mass is 35.5. The van der Waals surface area contributed by atoms with Gasteiger partial charge < -0.3 is 15.0 Å². The van der Waals surface area contributed by atoms with E-state index in [1.807, 2.05) is 50.2 Å². The van der Waals surface area contributed by atoms with Gasteiger partial charge in [0.15, 0.2) is 6.61 Å². The number of benzene rings is 2. The molecule has 2 aromatic carbocycles. The van der Waals surface area contributed by atoms with Crippen LogP contribution < -0.4 is 10.1 Å². The maximum atomic E-state index is 13.3. The standard InChI is InChI=1S/C27H25ClN4O3/c1-3-32(4-2)26(33)17-35-25-12-11-19(14-22(25)28)30-27(34)21-15-24(18-8-7-13-29-16-18)31-23-10-6-5-9-20(21)23/h5-16H,3-4,17H2,1-2H3,(H,30,34). The fourth-order valence-corrected chi connectivity index (χ4v) is 3.96. The minimum atomic E-state index is -0.296. The van der Waals surface area contributed by atoms with Gasteiger partial charge in [-0.25, -0.2) is 4.98 Å². The number of fused-ring (bicyclic) bond motifs is 1. The van der Waals surface area contributed by atoms with E-state index in [-0.39, 0.29) is 18.4 Å². The summed E-state index contributed by atoms with van der Waals surface area (Å²) in [5.74, 6) is -0.0361. The quantitative estimate of drug-likeness (QED) is 0.356. The lowest BCUT2D eigenvalue weighted by Gasteiger charge is -2.19. The molecule has 0 spiro atoms. The Kier molecular flexibility index (Phi) is 7.57. The number of nitrogens with one attached hydrogen (secondary N) is 1. The molecule has 0 saturated heterocycles. The zero-order valence-corrected chi connectivity index (χ0v) is 20.2. The van der Waals surface area contributed by atoms with Crippen molar-refractivity contribution in [3.8, 4) is 17.0 Å². The molecule has 0 atom stereocenters. The van der Waals surface area contributed by atoms with Crippen LogP contribution in [-0.2, 0) is 4.79 Å². The van der Waals surface area contributed by atoms with E-state index in [1.54, 1.807) is 41.6 Å². The van der Waals surface area contributed by atoms with Crippen LogP contribution in [0.1, 0.15) is 24.2 Å². The van der Waals surface area contributed by atoms with Crippen LogP contribution in [-0.4, -0.2) is 46.4 Å². The first-order valence-corrected chi connectivity index (χ1v) is 11.7. The molecule has 0 radical (unpaired) electrons. The maximum Gasteiger partial charge on any atom is 0.260 e. The van der Waals surface area contributed by atoms with Gasteiger partial charge in [0.25, 0.3) is 11.8 Å². The number of hydrogen-bond acceptors (Lipinski definition) is 5. The Morgan fingerprint density at radius 1 is 1.03 bits per heavy atom. The lowest BCUT2D eigenvalue weighted by molar-refractivity contribution is -0.132. The van der Waals surface area contributed by atoms with E-state index < -0.39 is 0 Å². The minimum absolute atomic E-state index is 0.104. The van der Waals surface area contributed by atoms with Crippen molar-refractivity contribution in [1.29, 1.82) is 0 Å². The van der Waals surface area contributed by atoms with Gasteiger partial charge in [-0.05, 0) is 56.3 Å². The van der Waals surface area contributed by atoms with E-state index in [4.69, 9.17) is 21.3 Å². The molecule has 8 heteroatoms. The Morgan fingerprint density at radius 2 is 1.83 bits per heavy atom. The lowest BCUT2D eigenvalue weighted by atomic mass is 10.0. The van der Waals surface area contributed by atoms with E-state index in [0.717, 1.165) is 10.9 Å². The summed E-state index contributed by atoms with van der Waals surface area (Å²) in [6.07, 6.45) is 3.40. The van der Waals surface area contributed by atoms with Gasteiger partial charge in [-0.15, -0.1) is 0 Å². The summed E-state index contributed by atoms with van der Waals surface area (Å²) in [5, 5.41) is 3.93. The summed E-state index contributed by atoms with van der Waals surface area (Å²) in [6.45, 7) is 4.95. The summed E-state index contributed by atoms with van der Waals surface area (Å²) in [7, 11) is 0. The Morgan fingerprint density at radius 3 is 2.54 bits per heavy atom. The normalized spacial score (nSPS) is 10.7. The first-order valence-electron chi connectivity index (χ1n) is 11.3. The number of likely N-dealkylation sites (N-methyl/N-ethyl adjacent to an activating group) is 1. The second-order valence-electron chi connectivity index (χ2n) is 7.77. The smallest absolute Gasteiger partial charge is 0.260 e. The van der Waals surface area contributed by atoms with Gasteiger partial charge in [-0.2, -0.15) is 0 Å². The Hall–Kier alpha value is -3.97. The van der Waals surface area contributed by atoms with Crippen LogP contribution in [0, 0.1) is 0 Å². The van der Waals surface area contributed by atoms with Crippen LogP contribution in [0.2, 0.25) is 5.02 Å². The number of aromatic nitrogens is 2. The van der Waals surface area contributed by atoms with Crippen molar-refractivity contribution in [2.24, 2.45) is 0 Å². The number of carbonyl (C=O) groups is 2. The van der Waals surface area contributed by atoms with Gasteiger partial charge in [0.05, 0.1) is 21.8 Å². The van der Waals surface area contributed by atoms with Crippen LogP contribution in [0.4, 0.5) is 5.69 Å². The average Bonchev–Trinajstić information content (AvgIpc) is 2.88. The summed E-state index contributed by atoms with van der Waals surface area (Å²) in [4.78, 5) is 36.0. The highest BCUT2D eigenvalue weighted by Gasteiger charge is 2.16. The number of hydrogen-bond donors (Lipinski definition) is 1. The third kappa shape index (κ3) is 5.58. The van der Waals surface area contributed by atoms with Gasteiger partial charge in [0.2, 0.25) is 0 Å². The number of rotatable bonds is 8. The fourth-order valence-electron chi connectivity index (χ4n) is 3.73. The van der Waals surface area contributed by atoms with Crippen LogP contribution >= 0.6 is 11.6 Å². The third-order valence-corrected chi connectivity index (χ3v) is 5.87. The number of halogens is 1. The highest BCUT2D eigenvalue weighted by Crippen LogP contribution is 2.29. The van der Waals surface area contributed by atoms with Gasteiger partial charge in [0, 0.05) is 42.1 Å². The molecular formula is C27H25ClN4O3. The number of pyridine rings is 2. The Labute approximate surface area is 208 Å². The second kappa shape index (κ2) is 11.0. The molecule has 0 unspecified atom stereocenters. The first-order chi connectivity index (χ1) is 17.0. The largest absolute Gasteiger partial charge is 0.482 e. The van der Waals surface area contributed by atoms with E-state index in [2.05, 4.69) is 10.3 Å². The van der Waals surface area contributed by atoms with Gasteiger partial charge >= 0.3 is 0 Å². The summed E-state index contributed by atoms with van der Waals surface area (Å²) < 4.78 is 5.60. The predicted octanol–water partition coefficient (Wildman–Crippen LogP) is 5.45. The van der Waals surface area contributed by atoms with Crippen molar-refractivity contribution in [3.05, 3.63) is 83.6 Å². The van der Waals surface area contributed by atoms with Gasteiger partial charge in [-0.3, -0.25) is 14.6 Å². The number of amides is 2. The van der Waals surface area contributed by atoms with Crippen molar-refractivity contribution in [2.75, 3.05) is 25.0 Å². The summed E-state index contributed by atoms with van der Waals surface area (Å²) in [5.41, 5.74) is 3.17. The lowest BCUT2D eigenvalue weighted by Crippen LogP contribution is -2.34. The average molecular weight is 489 g/mol. The molecule has 2 aromatic heterocycles. The Balaban J connectivity index is 1.55. The minimum Gasteiger partial charge on any atom is -0.482 e. The maximum absolute atomic E-state index is 13.3. The number of nitrogens with zero attached hydrogens (tertiary/aromatic N) is 3. The highest BCUT2D eigenvalue weighted by molar-refractivity contribution is 6.32. The second-order valence-corrected chi connectivity index (χ2v) is 8.18. The van der Waals surface area contributed by atoms with E-state index in [1.165, 1.54) is 0 Å². The van der Waals surface area contributed by atoms with Crippen molar-refractivity contribution >= 4 is 40.0 Å². The fraction of sp³-hybridized carbons (Fsp3) is 0.185. The van der Waals surface area contributed by atoms with E-state index in [0.29, 0.717) is 46.3 Å². The molecule has 2 heterocycles. The molecule has 4 rings (SSSR count). The predicted molar refractivity (Wildman–Crippen MR) is 138 cm³/mol. The van der Waals surface area contributed by atoms with Gasteiger partial charge in [0.1, 0.15) is 5.75 Å². The molecule has 178 valence electrons. The molecule has 0 fully saturated rings. The third-order valence-electron chi connectivity index (χ3n) is 5.58. The summed E-state index contributed by atoms with van der Waals surface area (Å²) in [6, 6.07) is 17.9. The molecular weight excluding hydrogens is 464 g/mol. The number of ether oxygens (including phenoxy) is 1. The van der Waals surface area contributed by atoms with Gasteiger partial charge in [-0.1, -0.05) is 29.8 Å². The Bertz CT molecular complexity index is 1360. The van der Waals surface area contributed by atoms with Crippen molar-refractivity contribution < 1.29 is 14.3 Å². The molecule has 0 aliphatic rings. The van der Waals surface area contributed by atoms with Crippen molar-refractivity contribution in [2.45, 2.75) is 13.8 Å². The topological polar surface area (TPSA) is 84.4 Å². The summed E-state index contributed by atoms with van der Waals surface area (Å²) >= 11 is 6.37. The van der Waals surface area contributed by atoms with Crippen molar-refractivity contribution in [1.82, 2.24) is 14.9 Å². The number of para-hydroxylation sites is 1. The number of anilines is 1. The monoisotopic (exact) mass is 488 g/mol. The van der Waals surface area contributed by atoms with E-state index >= 15 is 0 Å². The zero-order valence-electron chi connectivity index (χ0n) is 19.5. The molecule has 1 N–H and O–H groups in total. The number of carbonyl (C=O) groups excluding carboxylic acids is 2. The molecule has 35 heavy (non-hydrogen) atoms. The SMILES string of the molecule is CCN(CC)C(=O)COc1ccc(NC(=O)c2cc(-c3cccnc3)nc3ccccc23)cc1Cl. The van der Waals surface area contributed by atoms with Crippen LogP contribution in [0.3, 0.4) is 0 Å². The first kappa shape index (κ1) is 24.2. The zero-order chi connectivity index (χ0) is 24.8. The van der Waals surface area contributed by atoms with Crippen LogP contribution in [0.15, 0.2) is 73.1 Å². The van der Waals surface area contributed by atoms with Crippen molar-refractivity contribution in [3.63, 3.8) is 0 Å². The molecule has 0 aliphatic heterocycles. The molecule has 0 aliphatic carbocycles. The molecule has 0 bridgehead atoms. The van der Waals surface area contributed by atoms with Crippen LogP contribution in [0.5, 0.6) is 5.75 Å². The van der Waals surface area contributed by atoms with E-state index in [9.17, 15) is 9.59 Å². The molecule has 0 saturated carbocycles. The molecule has 2 amide bonds.